The molecule has 0 saturated carbocycles. The molecule has 0 atom stereocenters. The molecule has 0 bridgehead atoms. The van der Waals surface area contributed by atoms with Crippen LogP contribution in [0.3, 0.4) is 0 Å². The van der Waals surface area contributed by atoms with E-state index in [1.165, 1.54) is 12.1 Å². The second-order valence-electron chi connectivity index (χ2n) is 5.49. The Balaban J connectivity index is 1.40. The fraction of sp³-hybridized carbons (Fsp3) is 0.0588. The number of carbonyl (C=O) groups excluding carboxylic acids is 1. The van der Waals surface area contributed by atoms with Gasteiger partial charge in [-0.3, -0.25) is 9.89 Å². The first-order valence-corrected chi connectivity index (χ1v) is 8.67. The lowest BCUT2D eigenvalue weighted by atomic mass is 10.1. The van der Waals surface area contributed by atoms with Crippen LogP contribution in [0, 0.1) is 5.82 Å². The summed E-state index contributed by atoms with van der Waals surface area (Å²) in [6, 6.07) is 9.46. The van der Waals surface area contributed by atoms with Crippen LogP contribution in [0.25, 0.3) is 16.9 Å². The molecule has 1 amide bonds. The van der Waals surface area contributed by atoms with E-state index in [1.807, 2.05) is 16.8 Å². The van der Waals surface area contributed by atoms with Gasteiger partial charge in [0.25, 0.3) is 5.91 Å². The quantitative estimate of drug-likeness (QED) is 0.567. The molecule has 0 saturated heterocycles. The number of aromatic nitrogens is 5. The van der Waals surface area contributed by atoms with Gasteiger partial charge in [0.05, 0.1) is 24.1 Å². The average molecular weight is 368 g/mol. The average Bonchev–Trinajstić information content (AvgIpc) is 3.41. The molecule has 0 radical (unpaired) electrons. The Morgan fingerprint density at radius 3 is 2.88 bits per heavy atom. The highest BCUT2D eigenvalue weighted by Crippen LogP contribution is 2.18. The first kappa shape index (κ1) is 16.2. The summed E-state index contributed by atoms with van der Waals surface area (Å²) in [5, 5.41) is 21.5. The number of amides is 1. The van der Waals surface area contributed by atoms with Crippen molar-refractivity contribution < 1.29 is 9.18 Å². The van der Waals surface area contributed by atoms with Gasteiger partial charge < -0.3 is 5.32 Å². The van der Waals surface area contributed by atoms with Gasteiger partial charge in [0.15, 0.2) is 0 Å². The smallest absolute Gasteiger partial charge is 0.269 e. The zero-order chi connectivity index (χ0) is 17.9. The van der Waals surface area contributed by atoms with Crippen molar-refractivity contribution in [3.8, 4) is 16.9 Å². The number of hydrogen-bond acceptors (Lipinski definition) is 5. The summed E-state index contributed by atoms with van der Waals surface area (Å²) in [4.78, 5) is 12.3. The molecule has 0 unspecified atom stereocenters. The Bertz CT molecular complexity index is 1020. The molecule has 26 heavy (non-hydrogen) atoms. The molecule has 9 heteroatoms. The van der Waals surface area contributed by atoms with Crippen LogP contribution in [0.5, 0.6) is 0 Å². The molecule has 3 heterocycles. The van der Waals surface area contributed by atoms with Crippen LogP contribution < -0.4 is 5.32 Å². The highest BCUT2D eigenvalue weighted by Gasteiger charge is 2.12. The molecule has 0 fully saturated rings. The Morgan fingerprint density at radius 1 is 1.27 bits per heavy atom. The standard InChI is InChI=1S/C17H13FN6OS/c18-12-3-1-11(2-4-12)15-7-16(22-21-15)17(25)19-8-13-9-24(23-20-13)14-5-6-26-10-14/h1-7,9-10H,8H2,(H,19,25)(H,21,22). The van der Waals surface area contributed by atoms with Crippen LogP contribution in [0.1, 0.15) is 16.2 Å². The Kier molecular flexibility index (Phi) is 4.28. The summed E-state index contributed by atoms with van der Waals surface area (Å²) in [5.74, 6) is -0.631. The monoisotopic (exact) mass is 368 g/mol. The van der Waals surface area contributed by atoms with Gasteiger partial charge in [-0.1, -0.05) is 5.21 Å². The van der Waals surface area contributed by atoms with Gasteiger partial charge in [0.1, 0.15) is 17.2 Å². The SMILES string of the molecule is O=C(NCc1cn(-c2ccsc2)nn1)c1cc(-c2ccc(F)cc2)n[nH]1. The lowest BCUT2D eigenvalue weighted by Crippen LogP contribution is -2.23. The number of nitrogens with one attached hydrogen (secondary N) is 2. The van der Waals surface area contributed by atoms with E-state index in [9.17, 15) is 9.18 Å². The van der Waals surface area contributed by atoms with Crippen molar-refractivity contribution in [2.24, 2.45) is 0 Å². The van der Waals surface area contributed by atoms with Crippen LogP contribution in [0.2, 0.25) is 0 Å². The lowest BCUT2D eigenvalue weighted by Gasteiger charge is -1.99. The summed E-state index contributed by atoms with van der Waals surface area (Å²) in [6.07, 6.45) is 1.76. The number of carbonyl (C=O) groups is 1. The van der Waals surface area contributed by atoms with Crippen molar-refractivity contribution in [3.63, 3.8) is 0 Å². The van der Waals surface area contributed by atoms with E-state index >= 15 is 0 Å². The van der Waals surface area contributed by atoms with Crippen molar-refractivity contribution in [1.82, 2.24) is 30.5 Å². The number of thiophene rings is 1. The molecule has 1 aromatic carbocycles. The molecule has 130 valence electrons. The van der Waals surface area contributed by atoms with Gasteiger partial charge >= 0.3 is 0 Å². The molecular weight excluding hydrogens is 355 g/mol. The minimum absolute atomic E-state index is 0.244. The first-order chi connectivity index (χ1) is 12.7. The van der Waals surface area contributed by atoms with Crippen LogP contribution in [0.15, 0.2) is 53.4 Å². The summed E-state index contributed by atoms with van der Waals surface area (Å²) >= 11 is 1.57. The highest BCUT2D eigenvalue weighted by molar-refractivity contribution is 7.08. The van der Waals surface area contributed by atoms with E-state index < -0.39 is 0 Å². The molecule has 4 aromatic rings. The van der Waals surface area contributed by atoms with E-state index in [0.717, 1.165) is 11.3 Å². The Labute approximate surface area is 151 Å². The summed E-state index contributed by atoms with van der Waals surface area (Å²) in [7, 11) is 0. The number of aromatic amines is 1. The second-order valence-corrected chi connectivity index (χ2v) is 6.27. The normalized spacial score (nSPS) is 10.8. The van der Waals surface area contributed by atoms with Crippen molar-refractivity contribution >= 4 is 17.2 Å². The van der Waals surface area contributed by atoms with E-state index in [4.69, 9.17) is 0 Å². The maximum atomic E-state index is 13.0. The Morgan fingerprint density at radius 2 is 2.12 bits per heavy atom. The maximum Gasteiger partial charge on any atom is 0.269 e. The molecule has 3 aromatic heterocycles. The summed E-state index contributed by atoms with van der Waals surface area (Å²) in [6.45, 7) is 0.244. The molecule has 0 aliphatic heterocycles. The fourth-order valence-electron chi connectivity index (χ4n) is 2.37. The van der Waals surface area contributed by atoms with Crippen molar-refractivity contribution in [2.75, 3.05) is 0 Å². The highest BCUT2D eigenvalue weighted by atomic mass is 32.1. The number of H-pyrrole nitrogens is 1. The van der Waals surface area contributed by atoms with E-state index in [-0.39, 0.29) is 18.3 Å². The third kappa shape index (κ3) is 3.38. The molecule has 7 nitrogen and oxygen atoms in total. The fourth-order valence-corrected chi connectivity index (χ4v) is 2.99. The summed E-state index contributed by atoms with van der Waals surface area (Å²) < 4.78 is 14.6. The van der Waals surface area contributed by atoms with Crippen molar-refractivity contribution in [2.45, 2.75) is 6.54 Å². The van der Waals surface area contributed by atoms with Crippen molar-refractivity contribution in [1.29, 1.82) is 0 Å². The van der Waals surface area contributed by atoms with Gasteiger partial charge in [0, 0.05) is 10.9 Å². The first-order valence-electron chi connectivity index (χ1n) is 7.72. The van der Waals surface area contributed by atoms with Gasteiger partial charge in [-0.15, -0.1) is 5.10 Å². The minimum Gasteiger partial charge on any atom is -0.345 e. The van der Waals surface area contributed by atoms with Gasteiger partial charge in [-0.25, -0.2) is 9.07 Å². The van der Waals surface area contributed by atoms with E-state index in [1.54, 1.807) is 40.4 Å². The number of halogens is 1. The minimum atomic E-state index is -0.322. The van der Waals surface area contributed by atoms with E-state index in [2.05, 4.69) is 25.8 Å². The number of benzene rings is 1. The zero-order valence-corrected chi connectivity index (χ0v) is 14.2. The van der Waals surface area contributed by atoms with Gasteiger partial charge in [-0.2, -0.15) is 16.4 Å². The zero-order valence-electron chi connectivity index (χ0n) is 13.4. The number of nitrogens with zero attached hydrogens (tertiary/aromatic N) is 4. The molecule has 2 N–H and O–H groups in total. The largest absolute Gasteiger partial charge is 0.345 e. The maximum absolute atomic E-state index is 13.0. The van der Waals surface area contributed by atoms with Crippen LogP contribution in [0.4, 0.5) is 4.39 Å². The van der Waals surface area contributed by atoms with Crippen LogP contribution in [-0.2, 0) is 6.54 Å². The Hall–Kier alpha value is -3.33. The van der Waals surface area contributed by atoms with Crippen LogP contribution in [-0.4, -0.2) is 31.1 Å². The third-order valence-corrected chi connectivity index (χ3v) is 4.37. The second kappa shape index (κ2) is 6.89. The van der Waals surface area contributed by atoms with E-state index in [0.29, 0.717) is 17.1 Å². The molecule has 0 aliphatic carbocycles. The van der Waals surface area contributed by atoms with Crippen molar-refractivity contribution in [3.05, 3.63) is 70.6 Å². The lowest BCUT2D eigenvalue weighted by molar-refractivity contribution is 0.0945. The molecular formula is C17H13FN6OS. The number of hydrogen-bond donors (Lipinski definition) is 2. The van der Waals surface area contributed by atoms with Crippen LogP contribution >= 0.6 is 11.3 Å². The molecule has 0 spiro atoms. The predicted octanol–water partition coefficient (Wildman–Crippen LogP) is 2.79. The third-order valence-electron chi connectivity index (χ3n) is 3.70. The predicted molar refractivity (Wildman–Crippen MR) is 94.4 cm³/mol. The summed E-state index contributed by atoms with van der Waals surface area (Å²) in [5.41, 5.74) is 3.17. The molecule has 4 rings (SSSR count). The topological polar surface area (TPSA) is 88.5 Å². The van der Waals surface area contributed by atoms with Gasteiger partial charge in [-0.05, 0) is 41.8 Å². The van der Waals surface area contributed by atoms with Gasteiger partial charge in [0.2, 0.25) is 0 Å². The number of rotatable bonds is 5. The molecule has 0 aliphatic rings.